The van der Waals surface area contributed by atoms with E-state index in [1.165, 1.54) is 4.90 Å². The molecule has 4 rings (SSSR count). The number of nitrogens with zero attached hydrogens (tertiary/aromatic N) is 6. The summed E-state index contributed by atoms with van der Waals surface area (Å²) in [5.41, 5.74) is 10.8. The predicted molar refractivity (Wildman–Crippen MR) is 161 cm³/mol. The number of aromatic nitrogens is 4. The van der Waals surface area contributed by atoms with E-state index in [0.717, 1.165) is 16.6 Å². The van der Waals surface area contributed by atoms with Crippen LogP contribution in [-0.4, -0.2) is 71.5 Å². The Hall–Kier alpha value is -5.06. The minimum absolute atomic E-state index is 0.0619. The first-order chi connectivity index (χ1) is 19.7. The quantitative estimate of drug-likeness (QED) is 0.261. The number of amides is 1. The van der Waals surface area contributed by atoms with Gasteiger partial charge in [0, 0.05) is 50.8 Å². The second-order valence-corrected chi connectivity index (χ2v) is 9.78. The van der Waals surface area contributed by atoms with Gasteiger partial charge in [0.25, 0.3) is 5.91 Å². The van der Waals surface area contributed by atoms with Gasteiger partial charge < -0.3 is 25.4 Å². The lowest BCUT2D eigenvalue weighted by molar-refractivity contribution is -0.130. The van der Waals surface area contributed by atoms with Crippen molar-refractivity contribution >= 4 is 40.4 Å². The lowest BCUT2D eigenvalue weighted by atomic mass is 10.1. The van der Waals surface area contributed by atoms with Crippen LogP contribution in [0.2, 0.25) is 0 Å². The highest BCUT2D eigenvalue weighted by molar-refractivity contribution is 6.11. The van der Waals surface area contributed by atoms with Crippen LogP contribution in [0.1, 0.15) is 30.9 Å². The number of rotatable bonds is 11. The van der Waals surface area contributed by atoms with E-state index >= 15 is 0 Å². The number of allylic oxidation sites excluding steroid dienone is 1. The Morgan fingerprint density at radius 1 is 1.02 bits per heavy atom. The Morgan fingerprint density at radius 3 is 2.49 bits per heavy atom. The van der Waals surface area contributed by atoms with Gasteiger partial charge in [-0.25, -0.2) is 4.98 Å². The van der Waals surface area contributed by atoms with Gasteiger partial charge in [0.05, 0.1) is 22.9 Å². The smallest absolute Gasteiger partial charge is 0.259 e. The van der Waals surface area contributed by atoms with E-state index in [1.807, 2.05) is 24.3 Å². The van der Waals surface area contributed by atoms with Crippen LogP contribution in [-0.2, 0) is 4.79 Å². The summed E-state index contributed by atoms with van der Waals surface area (Å²) < 4.78 is 11.5. The number of ether oxygens (including phenoxy) is 2. The fourth-order valence-electron chi connectivity index (χ4n) is 3.75. The molecule has 4 aromatic rings. The van der Waals surface area contributed by atoms with Gasteiger partial charge in [-0.05, 0) is 47.9 Å². The topological polar surface area (TPSA) is 141 Å². The second-order valence-electron chi connectivity index (χ2n) is 9.78. The standard InChI is InChI=1S/C30H34N8O3/c1-19(2)20-12-29(37-34-15-20)36-28-10-9-26-27(35-28)11-21(14-33-26)24(16-32-3)25(31)17-40-22-7-6-8-23(13-22)41-18-30(39)38(4)5/h6-16,19H,17-18,31H2,1-5H3,(H,35,36,37). The van der Waals surface area contributed by atoms with Gasteiger partial charge in [0.15, 0.2) is 12.4 Å². The normalized spacial score (nSPS) is 12.0. The van der Waals surface area contributed by atoms with Crippen molar-refractivity contribution in [3.63, 3.8) is 0 Å². The molecule has 41 heavy (non-hydrogen) atoms. The third kappa shape index (κ3) is 7.75. The maximum absolute atomic E-state index is 11.8. The molecule has 0 aliphatic heterocycles. The summed E-state index contributed by atoms with van der Waals surface area (Å²) in [6.07, 6.45) is 5.16. The number of carbonyl (C=O) groups excluding carboxylic acids is 1. The molecule has 1 amide bonds. The van der Waals surface area contributed by atoms with Crippen molar-refractivity contribution < 1.29 is 14.3 Å². The van der Waals surface area contributed by atoms with E-state index in [-0.39, 0.29) is 19.1 Å². The minimum Gasteiger partial charge on any atom is -0.487 e. The van der Waals surface area contributed by atoms with Crippen LogP contribution in [0.4, 0.5) is 11.6 Å². The first-order valence-electron chi connectivity index (χ1n) is 13.1. The highest BCUT2D eigenvalue weighted by Gasteiger charge is 2.11. The van der Waals surface area contributed by atoms with Crippen molar-refractivity contribution in [2.75, 3.05) is 39.7 Å². The van der Waals surface area contributed by atoms with Gasteiger partial charge in [-0.3, -0.25) is 14.8 Å². The molecule has 11 heteroatoms. The summed E-state index contributed by atoms with van der Waals surface area (Å²) in [5.74, 6) is 2.50. The van der Waals surface area contributed by atoms with Crippen LogP contribution in [0.3, 0.4) is 0 Å². The Balaban J connectivity index is 1.53. The third-order valence-electron chi connectivity index (χ3n) is 6.11. The number of nitrogens with one attached hydrogen (secondary N) is 1. The largest absolute Gasteiger partial charge is 0.487 e. The molecular formula is C30H34N8O3. The SMILES string of the molecule is CN=CC(=C(N)COc1cccc(OCC(=O)N(C)C)c1)c1cnc2ccc(Nc3cc(C(C)C)cnn3)nc2c1. The highest BCUT2D eigenvalue weighted by atomic mass is 16.5. The van der Waals surface area contributed by atoms with Crippen LogP contribution in [0.25, 0.3) is 16.6 Å². The third-order valence-corrected chi connectivity index (χ3v) is 6.11. The molecule has 3 heterocycles. The predicted octanol–water partition coefficient (Wildman–Crippen LogP) is 4.20. The first-order valence-corrected chi connectivity index (χ1v) is 13.1. The van der Waals surface area contributed by atoms with Gasteiger partial charge in [-0.2, -0.15) is 5.10 Å². The average Bonchev–Trinajstić information content (AvgIpc) is 2.97. The lowest BCUT2D eigenvalue weighted by Crippen LogP contribution is -2.27. The Morgan fingerprint density at radius 2 is 1.78 bits per heavy atom. The fourth-order valence-corrected chi connectivity index (χ4v) is 3.75. The fraction of sp³-hybridized carbons (Fsp3) is 0.267. The highest BCUT2D eigenvalue weighted by Crippen LogP contribution is 2.24. The number of carbonyl (C=O) groups is 1. The number of anilines is 2. The minimum atomic E-state index is -0.137. The van der Waals surface area contributed by atoms with Crippen LogP contribution < -0.4 is 20.5 Å². The summed E-state index contributed by atoms with van der Waals surface area (Å²) in [4.78, 5) is 26.8. The molecule has 0 spiro atoms. The number of aliphatic imine (C=N–C) groups is 1. The summed E-state index contributed by atoms with van der Waals surface area (Å²) in [6, 6.07) is 14.6. The van der Waals surface area contributed by atoms with Gasteiger partial charge >= 0.3 is 0 Å². The molecule has 0 aliphatic carbocycles. The van der Waals surface area contributed by atoms with Gasteiger partial charge in [0.1, 0.15) is 23.9 Å². The molecule has 11 nitrogen and oxygen atoms in total. The molecule has 212 valence electrons. The molecule has 0 aliphatic rings. The summed E-state index contributed by atoms with van der Waals surface area (Å²) in [6.45, 7) is 4.24. The molecule has 0 atom stereocenters. The molecular weight excluding hydrogens is 520 g/mol. The Kier molecular flexibility index (Phi) is 9.41. The molecule has 0 radical (unpaired) electrons. The molecule has 3 aromatic heterocycles. The van der Waals surface area contributed by atoms with Crippen LogP contribution >= 0.6 is 0 Å². The van der Waals surface area contributed by atoms with Crippen LogP contribution in [0, 0.1) is 0 Å². The van der Waals surface area contributed by atoms with E-state index in [0.29, 0.717) is 45.8 Å². The number of hydrogen-bond donors (Lipinski definition) is 2. The molecule has 0 fully saturated rings. The molecule has 0 saturated heterocycles. The summed E-state index contributed by atoms with van der Waals surface area (Å²) in [5, 5.41) is 11.5. The van der Waals surface area contributed by atoms with Crippen LogP contribution in [0.5, 0.6) is 11.5 Å². The monoisotopic (exact) mass is 554 g/mol. The first kappa shape index (κ1) is 28.9. The number of likely N-dealkylation sites (N-methyl/N-ethyl adjacent to an activating group) is 1. The van der Waals surface area contributed by atoms with Gasteiger partial charge in [-0.15, -0.1) is 5.10 Å². The van der Waals surface area contributed by atoms with Crippen molar-refractivity contribution in [2.45, 2.75) is 19.8 Å². The molecule has 0 saturated carbocycles. The van der Waals surface area contributed by atoms with Crippen LogP contribution in [0.15, 0.2) is 71.6 Å². The van der Waals surface area contributed by atoms with Crippen molar-refractivity contribution in [3.05, 3.63) is 77.7 Å². The van der Waals surface area contributed by atoms with E-state index in [2.05, 4.69) is 39.3 Å². The summed E-state index contributed by atoms with van der Waals surface area (Å²) in [7, 11) is 5.03. The molecule has 1 aromatic carbocycles. The number of pyridine rings is 2. The van der Waals surface area contributed by atoms with E-state index in [1.54, 1.807) is 64.0 Å². The number of hydrogen-bond acceptors (Lipinski definition) is 10. The number of benzene rings is 1. The zero-order chi connectivity index (χ0) is 29.4. The van der Waals surface area contributed by atoms with Gasteiger partial charge in [-0.1, -0.05) is 19.9 Å². The lowest BCUT2D eigenvalue weighted by Gasteiger charge is -2.13. The second kappa shape index (κ2) is 13.3. The van der Waals surface area contributed by atoms with Crippen molar-refractivity contribution in [3.8, 4) is 11.5 Å². The zero-order valence-corrected chi connectivity index (χ0v) is 23.8. The Labute approximate surface area is 239 Å². The maximum atomic E-state index is 11.8. The summed E-state index contributed by atoms with van der Waals surface area (Å²) >= 11 is 0. The maximum Gasteiger partial charge on any atom is 0.259 e. The van der Waals surface area contributed by atoms with Crippen molar-refractivity contribution in [1.82, 2.24) is 25.1 Å². The van der Waals surface area contributed by atoms with Crippen molar-refractivity contribution in [1.29, 1.82) is 0 Å². The number of fused-ring (bicyclic) bond motifs is 1. The van der Waals surface area contributed by atoms with E-state index in [4.69, 9.17) is 20.2 Å². The number of nitrogens with two attached hydrogens (primary N) is 1. The van der Waals surface area contributed by atoms with E-state index in [9.17, 15) is 4.79 Å². The molecule has 0 unspecified atom stereocenters. The zero-order valence-electron chi connectivity index (χ0n) is 23.8. The average molecular weight is 555 g/mol. The molecule has 0 bridgehead atoms. The van der Waals surface area contributed by atoms with Gasteiger partial charge in [0.2, 0.25) is 0 Å². The molecule has 3 N–H and O–H groups in total. The van der Waals surface area contributed by atoms with E-state index < -0.39 is 0 Å². The Bertz CT molecular complexity index is 1580. The van der Waals surface area contributed by atoms with Crippen molar-refractivity contribution in [2.24, 2.45) is 10.7 Å².